The summed E-state index contributed by atoms with van der Waals surface area (Å²) >= 11 is 0. The maximum atomic E-state index is 11.5. The smallest absolute Gasteiger partial charge is 0.336 e. The minimum atomic E-state index is -1.20. The zero-order chi connectivity index (χ0) is 15.0. The van der Waals surface area contributed by atoms with Gasteiger partial charge in [-0.2, -0.15) is 0 Å². The van der Waals surface area contributed by atoms with Gasteiger partial charge in [-0.3, -0.25) is 0 Å². The number of aromatic carboxylic acids is 2. The number of hydrogen-bond donors (Lipinski definition) is 2. The summed E-state index contributed by atoms with van der Waals surface area (Å²) < 4.78 is 0. The molecule has 0 fully saturated rings. The van der Waals surface area contributed by atoms with Crippen molar-refractivity contribution < 1.29 is 19.8 Å². The molecule has 1 aliphatic rings. The van der Waals surface area contributed by atoms with Crippen LogP contribution in [0.3, 0.4) is 0 Å². The zero-order valence-electron chi connectivity index (χ0n) is 11.2. The van der Waals surface area contributed by atoms with E-state index in [0.717, 1.165) is 17.5 Å². The van der Waals surface area contributed by atoms with Gasteiger partial charge in [0.1, 0.15) is 0 Å². The fourth-order valence-electron chi connectivity index (χ4n) is 3.16. The van der Waals surface area contributed by atoms with Crippen LogP contribution < -0.4 is 0 Å². The van der Waals surface area contributed by atoms with Crippen LogP contribution >= 0.6 is 0 Å². The Morgan fingerprint density at radius 1 is 0.952 bits per heavy atom. The van der Waals surface area contributed by atoms with Crippen LogP contribution in [0.25, 0.3) is 0 Å². The Hall–Kier alpha value is -2.62. The van der Waals surface area contributed by atoms with Gasteiger partial charge < -0.3 is 10.2 Å². The van der Waals surface area contributed by atoms with Gasteiger partial charge in [0, 0.05) is 5.92 Å². The summed E-state index contributed by atoms with van der Waals surface area (Å²) in [7, 11) is 0. The van der Waals surface area contributed by atoms with Crippen LogP contribution in [0.15, 0.2) is 42.5 Å². The van der Waals surface area contributed by atoms with E-state index >= 15 is 0 Å². The van der Waals surface area contributed by atoms with Gasteiger partial charge in [-0.15, -0.1) is 0 Å². The van der Waals surface area contributed by atoms with Gasteiger partial charge in [0.2, 0.25) is 0 Å². The molecule has 4 nitrogen and oxygen atoms in total. The normalized spacial score (nSPS) is 16.5. The molecule has 2 aromatic carbocycles. The first-order valence-corrected chi connectivity index (χ1v) is 6.77. The summed E-state index contributed by atoms with van der Waals surface area (Å²) in [5.41, 5.74) is 2.55. The van der Waals surface area contributed by atoms with Crippen molar-refractivity contribution in [1.29, 1.82) is 0 Å². The highest BCUT2D eigenvalue weighted by molar-refractivity contribution is 6.03. The predicted molar refractivity (Wildman–Crippen MR) is 77.0 cm³/mol. The van der Waals surface area contributed by atoms with Crippen LogP contribution in [-0.2, 0) is 6.42 Å². The lowest BCUT2D eigenvalue weighted by Crippen LogP contribution is -2.11. The Bertz CT molecular complexity index is 719. The second-order valence-electron chi connectivity index (χ2n) is 5.17. The number of hydrogen-bond acceptors (Lipinski definition) is 2. The summed E-state index contributed by atoms with van der Waals surface area (Å²) in [5, 5.41) is 18.5. The van der Waals surface area contributed by atoms with E-state index in [4.69, 9.17) is 5.11 Å². The molecule has 0 aromatic heterocycles. The van der Waals surface area contributed by atoms with Gasteiger partial charge in [-0.25, -0.2) is 9.59 Å². The number of rotatable bonds is 3. The summed E-state index contributed by atoms with van der Waals surface area (Å²) in [6, 6.07) is 13.1. The van der Waals surface area contributed by atoms with Crippen molar-refractivity contribution in [3.8, 4) is 0 Å². The van der Waals surface area contributed by atoms with Crippen LogP contribution in [-0.4, -0.2) is 22.2 Å². The van der Waals surface area contributed by atoms with Crippen LogP contribution in [0.5, 0.6) is 0 Å². The van der Waals surface area contributed by atoms with Crippen molar-refractivity contribution in [2.75, 3.05) is 0 Å². The molecule has 2 aromatic rings. The Morgan fingerprint density at radius 2 is 1.67 bits per heavy atom. The highest BCUT2D eigenvalue weighted by Gasteiger charge is 2.31. The molecule has 1 aliphatic carbocycles. The maximum absolute atomic E-state index is 11.5. The van der Waals surface area contributed by atoms with Crippen LogP contribution in [0, 0.1) is 0 Å². The third-order valence-corrected chi connectivity index (χ3v) is 4.05. The van der Waals surface area contributed by atoms with Crippen molar-refractivity contribution in [3.63, 3.8) is 0 Å². The molecule has 1 unspecified atom stereocenters. The number of carbonyl (C=O) groups is 2. The standard InChI is InChI=1S/C17H14O4/c18-16(19)14-9-7-12-11(10-4-2-1-3-5-10)6-8-13(12)15(14)17(20)21/h1-5,7,9,11H,6,8H2,(H,18,19)(H,20,21). The SMILES string of the molecule is O=C(O)c1ccc2c(c1C(=O)O)CCC2c1ccccc1. The molecule has 106 valence electrons. The molecule has 0 amide bonds. The van der Waals surface area contributed by atoms with Crippen molar-refractivity contribution in [2.24, 2.45) is 0 Å². The van der Waals surface area contributed by atoms with Crippen molar-refractivity contribution >= 4 is 11.9 Å². The minimum absolute atomic E-state index is 0.0570. The van der Waals surface area contributed by atoms with E-state index < -0.39 is 11.9 Å². The predicted octanol–water partition coefficient (Wildman–Crippen LogP) is 3.16. The molecule has 1 atom stereocenters. The quantitative estimate of drug-likeness (QED) is 0.906. The van der Waals surface area contributed by atoms with E-state index in [2.05, 4.69) is 0 Å². The molecular weight excluding hydrogens is 268 g/mol. The summed E-state index contributed by atoms with van der Waals surface area (Å²) in [6.45, 7) is 0. The Kier molecular flexibility index (Phi) is 3.22. The lowest BCUT2D eigenvalue weighted by atomic mass is 9.90. The van der Waals surface area contributed by atoms with E-state index in [0.29, 0.717) is 12.0 Å². The Morgan fingerprint density at radius 3 is 2.29 bits per heavy atom. The summed E-state index contributed by atoms with van der Waals surface area (Å²) in [5.74, 6) is -2.22. The molecule has 0 heterocycles. The second-order valence-corrected chi connectivity index (χ2v) is 5.17. The molecule has 0 radical (unpaired) electrons. The first-order valence-electron chi connectivity index (χ1n) is 6.77. The monoisotopic (exact) mass is 282 g/mol. The van der Waals surface area contributed by atoms with Crippen LogP contribution in [0.2, 0.25) is 0 Å². The van der Waals surface area contributed by atoms with E-state index in [1.165, 1.54) is 6.07 Å². The number of carboxylic acid groups (broad SMARTS) is 2. The molecule has 2 N–H and O–H groups in total. The minimum Gasteiger partial charge on any atom is -0.478 e. The summed E-state index contributed by atoms with van der Waals surface area (Å²) in [4.78, 5) is 22.7. The first-order chi connectivity index (χ1) is 10.1. The van der Waals surface area contributed by atoms with E-state index in [-0.39, 0.29) is 17.0 Å². The maximum Gasteiger partial charge on any atom is 0.336 e. The highest BCUT2D eigenvalue weighted by Crippen LogP contribution is 2.40. The van der Waals surface area contributed by atoms with Crippen LogP contribution in [0.1, 0.15) is 49.7 Å². The van der Waals surface area contributed by atoms with Gasteiger partial charge in [-0.1, -0.05) is 36.4 Å². The topological polar surface area (TPSA) is 74.6 Å². The third kappa shape index (κ3) is 2.18. The molecule has 0 saturated carbocycles. The molecule has 0 bridgehead atoms. The van der Waals surface area contributed by atoms with E-state index in [9.17, 15) is 14.7 Å². The average Bonchev–Trinajstić information content (AvgIpc) is 2.90. The van der Waals surface area contributed by atoms with Gasteiger partial charge >= 0.3 is 11.9 Å². The van der Waals surface area contributed by atoms with E-state index in [1.807, 2.05) is 30.3 Å². The lowest BCUT2D eigenvalue weighted by molar-refractivity contribution is 0.0650. The molecule has 21 heavy (non-hydrogen) atoms. The molecule has 0 spiro atoms. The molecule has 0 aliphatic heterocycles. The van der Waals surface area contributed by atoms with Crippen molar-refractivity contribution in [3.05, 3.63) is 70.3 Å². The third-order valence-electron chi connectivity index (χ3n) is 4.05. The van der Waals surface area contributed by atoms with Gasteiger partial charge in [-0.05, 0) is 35.6 Å². The molecular formula is C17H14O4. The molecule has 4 heteroatoms. The fraction of sp³-hybridized carbons (Fsp3) is 0.176. The van der Waals surface area contributed by atoms with Crippen LogP contribution in [0.4, 0.5) is 0 Å². The Labute approximate surface area is 121 Å². The number of benzene rings is 2. The van der Waals surface area contributed by atoms with Gasteiger partial charge in [0.05, 0.1) is 11.1 Å². The molecule has 3 rings (SSSR count). The van der Waals surface area contributed by atoms with Gasteiger partial charge in [0.15, 0.2) is 0 Å². The molecule has 0 saturated heterocycles. The largest absolute Gasteiger partial charge is 0.478 e. The first kappa shape index (κ1) is 13.4. The van der Waals surface area contributed by atoms with Crippen molar-refractivity contribution in [2.45, 2.75) is 18.8 Å². The Balaban J connectivity index is 2.15. The summed E-state index contributed by atoms with van der Waals surface area (Å²) in [6.07, 6.45) is 1.40. The zero-order valence-corrected chi connectivity index (χ0v) is 11.2. The number of fused-ring (bicyclic) bond motifs is 1. The number of carboxylic acids is 2. The average molecular weight is 282 g/mol. The van der Waals surface area contributed by atoms with Crippen molar-refractivity contribution in [1.82, 2.24) is 0 Å². The fourth-order valence-corrected chi connectivity index (χ4v) is 3.16. The highest BCUT2D eigenvalue weighted by atomic mass is 16.4. The van der Waals surface area contributed by atoms with E-state index in [1.54, 1.807) is 6.07 Å². The second kappa shape index (κ2) is 5.05. The lowest BCUT2D eigenvalue weighted by Gasteiger charge is -2.13. The van der Waals surface area contributed by atoms with Gasteiger partial charge in [0.25, 0.3) is 0 Å².